The highest BCUT2D eigenvalue weighted by Crippen LogP contribution is 2.61. The van der Waals surface area contributed by atoms with Crippen LogP contribution in [0, 0.1) is 11.8 Å². The molecule has 0 saturated heterocycles. The lowest BCUT2D eigenvalue weighted by Gasteiger charge is -2.42. The first kappa shape index (κ1) is 23.0. The minimum absolute atomic E-state index is 0.0177. The molecule has 0 amide bonds. The highest BCUT2D eigenvalue weighted by atomic mass is 28.4. The largest absolute Gasteiger partial charge is 0.417 e. The summed E-state index contributed by atoms with van der Waals surface area (Å²) in [4.78, 5) is 0. The molecule has 0 aromatic heterocycles. The number of fused-ring (bicyclic) bond motifs is 1. The van der Waals surface area contributed by atoms with E-state index in [9.17, 15) is 5.11 Å². The van der Waals surface area contributed by atoms with Crippen LogP contribution in [0.15, 0.2) is 18.2 Å². The second-order valence-corrected chi connectivity index (χ2v) is 17.6. The molecular formula is C26H44O2Si. The summed E-state index contributed by atoms with van der Waals surface area (Å²) in [7, 11) is -1.78. The van der Waals surface area contributed by atoms with Gasteiger partial charge in [-0.25, -0.2) is 0 Å². The molecular weight excluding hydrogens is 372 g/mol. The average molecular weight is 417 g/mol. The summed E-state index contributed by atoms with van der Waals surface area (Å²) in [6.45, 7) is 24.4. The maximum Gasteiger partial charge on any atom is 0.191 e. The van der Waals surface area contributed by atoms with Gasteiger partial charge in [0.2, 0.25) is 0 Å². The maximum absolute atomic E-state index is 10.1. The quantitative estimate of drug-likeness (QED) is 0.551. The molecule has 1 aromatic rings. The van der Waals surface area contributed by atoms with Crippen molar-refractivity contribution in [1.29, 1.82) is 0 Å². The molecule has 1 N–H and O–H groups in total. The van der Waals surface area contributed by atoms with E-state index in [1.807, 2.05) is 0 Å². The third-order valence-corrected chi connectivity index (χ3v) is 13.5. The summed E-state index contributed by atoms with van der Waals surface area (Å²) in [5, 5.41) is 10.4. The molecule has 3 atom stereocenters. The summed E-state index contributed by atoms with van der Waals surface area (Å²) < 4.78 is 6.58. The van der Waals surface area contributed by atoms with E-state index >= 15 is 0 Å². The van der Waals surface area contributed by atoms with E-state index < -0.39 is 8.32 Å². The molecule has 3 rings (SSSR count). The van der Waals surface area contributed by atoms with Crippen LogP contribution < -0.4 is 0 Å². The van der Waals surface area contributed by atoms with Crippen molar-refractivity contribution in [2.24, 2.45) is 11.8 Å². The molecule has 1 saturated carbocycles. The number of benzene rings is 1. The Morgan fingerprint density at radius 1 is 0.966 bits per heavy atom. The first-order valence-corrected chi connectivity index (χ1v) is 14.4. The molecule has 3 heteroatoms. The Labute approximate surface area is 180 Å². The van der Waals surface area contributed by atoms with Gasteiger partial charge in [0, 0.05) is 18.6 Å². The number of aliphatic hydroxyl groups is 1. The van der Waals surface area contributed by atoms with Crippen LogP contribution in [0.3, 0.4) is 0 Å². The van der Waals surface area contributed by atoms with Crippen molar-refractivity contribution in [1.82, 2.24) is 0 Å². The van der Waals surface area contributed by atoms with Crippen LogP contribution in [0.5, 0.6) is 0 Å². The second-order valence-electron chi connectivity index (χ2n) is 12.8. The van der Waals surface area contributed by atoms with Gasteiger partial charge >= 0.3 is 0 Å². The van der Waals surface area contributed by atoms with E-state index in [0.29, 0.717) is 11.8 Å². The van der Waals surface area contributed by atoms with Crippen molar-refractivity contribution < 1.29 is 9.53 Å². The van der Waals surface area contributed by atoms with Crippen molar-refractivity contribution in [2.75, 3.05) is 13.2 Å². The van der Waals surface area contributed by atoms with Gasteiger partial charge in [0.05, 0.1) is 0 Å². The predicted molar refractivity (Wildman–Crippen MR) is 126 cm³/mol. The van der Waals surface area contributed by atoms with Crippen LogP contribution in [0.25, 0.3) is 0 Å². The Balaban J connectivity index is 1.90. The molecule has 1 fully saturated rings. The molecule has 0 aliphatic heterocycles. The highest BCUT2D eigenvalue weighted by molar-refractivity contribution is 6.74. The summed E-state index contributed by atoms with van der Waals surface area (Å²) in [6, 6.07) is 7.21. The van der Waals surface area contributed by atoms with Crippen LogP contribution in [0.4, 0.5) is 0 Å². The number of rotatable bonds is 5. The van der Waals surface area contributed by atoms with Gasteiger partial charge in [-0.1, -0.05) is 73.6 Å². The van der Waals surface area contributed by atoms with E-state index in [0.717, 1.165) is 6.61 Å². The number of hydrogen-bond donors (Lipinski definition) is 1. The topological polar surface area (TPSA) is 29.5 Å². The lowest BCUT2D eigenvalue weighted by molar-refractivity contribution is 0.232. The Morgan fingerprint density at radius 2 is 1.52 bits per heavy atom. The Hall–Kier alpha value is -0.643. The number of aliphatic hydroxyl groups excluding tert-OH is 1. The normalized spacial score (nSPS) is 30.7. The van der Waals surface area contributed by atoms with E-state index in [-0.39, 0.29) is 27.9 Å². The monoisotopic (exact) mass is 416 g/mol. The standard InChI is InChI=1S/C26H44O2Si/c1-23(2,3)29(9,10)28-17-22-21(16-27)26(22,8)18-11-12-19-20(15-18)25(6,7)14-13-24(19,4)5/h11-12,15,21-22,27H,13-14,16-17H2,1-10H3. The summed E-state index contributed by atoms with van der Waals surface area (Å²) in [5.41, 5.74) is 4.90. The summed E-state index contributed by atoms with van der Waals surface area (Å²) in [6.07, 6.45) is 2.47. The van der Waals surface area contributed by atoms with Crippen LogP contribution in [0.1, 0.15) is 84.9 Å². The van der Waals surface area contributed by atoms with Gasteiger partial charge < -0.3 is 9.53 Å². The van der Waals surface area contributed by atoms with Crippen molar-refractivity contribution in [3.63, 3.8) is 0 Å². The van der Waals surface area contributed by atoms with E-state index in [4.69, 9.17) is 4.43 Å². The predicted octanol–water partition coefficient (Wildman–Crippen LogP) is 6.55. The van der Waals surface area contributed by atoms with E-state index in [1.54, 1.807) is 0 Å². The van der Waals surface area contributed by atoms with Crippen molar-refractivity contribution >= 4 is 8.32 Å². The summed E-state index contributed by atoms with van der Waals surface area (Å²) in [5.74, 6) is 0.699. The minimum atomic E-state index is -1.78. The molecule has 1 aromatic carbocycles. The van der Waals surface area contributed by atoms with Crippen molar-refractivity contribution in [3.05, 3.63) is 34.9 Å². The molecule has 2 aliphatic rings. The fraction of sp³-hybridized carbons (Fsp3) is 0.769. The van der Waals surface area contributed by atoms with Crippen LogP contribution in [-0.2, 0) is 20.7 Å². The fourth-order valence-electron chi connectivity index (χ4n) is 5.17. The van der Waals surface area contributed by atoms with E-state index in [1.165, 1.54) is 29.5 Å². The molecule has 29 heavy (non-hydrogen) atoms. The molecule has 0 bridgehead atoms. The van der Waals surface area contributed by atoms with Gasteiger partial charge in [0.15, 0.2) is 8.32 Å². The zero-order chi connectivity index (χ0) is 22.0. The zero-order valence-electron chi connectivity index (χ0n) is 20.6. The Morgan fingerprint density at radius 3 is 2.03 bits per heavy atom. The van der Waals surface area contributed by atoms with Gasteiger partial charge in [0.25, 0.3) is 0 Å². The third kappa shape index (κ3) is 3.76. The van der Waals surface area contributed by atoms with Crippen molar-refractivity contribution in [3.8, 4) is 0 Å². The molecule has 2 aliphatic carbocycles. The minimum Gasteiger partial charge on any atom is -0.417 e. The number of hydrogen-bond acceptors (Lipinski definition) is 2. The van der Waals surface area contributed by atoms with Crippen molar-refractivity contribution in [2.45, 2.75) is 103 Å². The van der Waals surface area contributed by atoms with Gasteiger partial charge in [0.1, 0.15) is 0 Å². The first-order valence-electron chi connectivity index (χ1n) is 11.5. The fourth-order valence-corrected chi connectivity index (χ4v) is 6.20. The highest BCUT2D eigenvalue weighted by Gasteiger charge is 2.62. The van der Waals surface area contributed by atoms with E-state index in [2.05, 4.69) is 86.7 Å². The SMILES string of the molecule is CC1(C)CCC(C)(C)c2cc(C3(C)C(CO)C3CO[Si](C)(C)C(C)(C)C)ccc21. The molecule has 0 spiro atoms. The molecule has 0 radical (unpaired) electrons. The van der Waals surface area contributed by atoms with Gasteiger partial charge in [-0.2, -0.15) is 0 Å². The van der Waals surface area contributed by atoms with Gasteiger partial charge in [-0.05, 0) is 70.3 Å². The molecule has 164 valence electrons. The second kappa shape index (κ2) is 6.93. The molecule has 2 nitrogen and oxygen atoms in total. The van der Waals surface area contributed by atoms with Crippen LogP contribution >= 0.6 is 0 Å². The van der Waals surface area contributed by atoms with Gasteiger partial charge in [-0.3, -0.25) is 0 Å². The smallest absolute Gasteiger partial charge is 0.191 e. The Bertz CT molecular complexity index is 771. The van der Waals surface area contributed by atoms with Crippen LogP contribution in [0.2, 0.25) is 18.1 Å². The third-order valence-electron chi connectivity index (χ3n) is 9.02. The Kier molecular flexibility index (Phi) is 5.51. The first-order chi connectivity index (χ1) is 13.1. The lowest BCUT2D eigenvalue weighted by Crippen LogP contribution is -2.41. The van der Waals surface area contributed by atoms with Crippen LogP contribution in [-0.4, -0.2) is 26.6 Å². The molecule has 0 heterocycles. The zero-order valence-corrected chi connectivity index (χ0v) is 21.6. The maximum atomic E-state index is 10.1. The van der Waals surface area contributed by atoms with Gasteiger partial charge in [-0.15, -0.1) is 0 Å². The summed E-state index contributed by atoms with van der Waals surface area (Å²) >= 11 is 0. The lowest BCUT2D eigenvalue weighted by atomic mass is 9.62. The average Bonchev–Trinajstić information content (AvgIpc) is 3.20. The molecule has 3 unspecified atom stereocenters.